The van der Waals surface area contributed by atoms with E-state index in [1.807, 2.05) is 36.4 Å². The first-order valence-electron chi connectivity index (χ1n) is 11.0. The van der Waals surface area contributed by atoms with E-state index in [1.165, 1.54) is 11.3 Å². The van der Waals surface area contributed by atoms with Crippen molar-refractivity contribution in [2.45, 2.75) is 47.0 Å². The van der Waals surface area contributed by atoms with Crippen molar-refractivity contribution in [3.05, 3.63) is 58.3 Å². The van der Waals surface area contributed by atoms with Gasteiger partial charge in [-0.25, -0.2) is 4.98 Å². The Morgan fingerprint density at radius 1 is 1.22 bits per heavy atom. The minimum absolute atomic E-state index is 0.0453. The molecule has 166 valence electrons. The minimum atomic E-state index is -0.408. The van der Waals surface area contributed by atoms with Gasteiger partial charge in [-0.1, -0.05) is 56.7 Å². The van der Waals surface area contributed by atoms with Crippen LogP contribution in [0.5, 0.6) is 10.9 Å². The lowest BCUT2D eigenvalue weighted by Gasteiger charge is -2.45. The Morgan fingerprint density at radius 3 is 2.75 bits per heavy atom. The number of aliphatic hydroxyl groups is 1. The third-order valence-corrected chi connectivity index (χ3v) is 8.96. The van der Waals surface area contributed by atoms with Gasteiger partial charge in [0.1, 0.15) is 11.5 Å². The lowest BCUT2D eigenvalue weighted by Crippen LogP contribution is -2.43. The SMILES string of the molecule is CCc1ccc(Oc2nc3cc(Cl)ccc3s2)cc1C1=C(O)[C@@]2(C)CC[C@@H](C1=O)C2(C)C. The predicted octanol–water partition coefficient (Wildman–Crippen LogP) is 7.60. The molecule has 0 unspecified atom stereocenters. The van der Waals surface area contributed by atoms with Gasteiger partial charge in [0.15, 0.2) is 5.78 Å². The molecule has 4 nitrogen and oxygen atoms in total. The highest BCUT2D eigenvalue weighted by molar-refractivity contribution is 7.20. The Kier molecular flexibility index (Phi) is 4.91. The molecule has 0 radical (unpaired) electrons. The second-order valence-corrected chi connectivity index (χ2v) is 11.0. The number of ether oxygens (including phenoxy) is 1. The van der Waals surface area contributed by atoms with Crippen LogP contribution in [0, 0.1) is 16.7 Å². The number of hydrogen-bond acceptors (Lipinski definition) is 5. The molecule has 2 aliphatic rings. The van der Waals surface area contributed by atoms with Gasteiger partial charge in [0.25, 0.3) is 5.19 Å². The molecule has 2 aliphatic carbocycles. The van der Waals surface area contributed by atoms with Gasteiger partial charge in [0, 0.05) is 16.4 Å². The number of carbonyl (C=O) groups is 1. The standard InChI is InChI=1S/C26H26ClNO3S/c1-5-14-6-8-16(31-24-28-19-12-15(27)7-9-20(19)32-24)13-17(14)21-22(29)18-10-11-26(4,23(21)30)25(18,2)3/h6-9,12-13,18,30H,5,10-11H2,1-4H3/t18-,26+/m0/s1. The average molecular weight is 468 g/mol. The highest BCUT2D eigenvalue weighted by atomic mass is 35.5. The summed E-state index contributed by atoms with van der Waals surface area (Å²) in [6.45, 7) is 8.36. The maximum Gasteiger partial charge on any atom is 0.279 e. The van der Waals surface area contributed by atoms with E-state index >= 15 is 0 Å². The molecule has 1 heterocycles. The molecule has 2 bridgehead atoms. The highest BCUT2D eigenvalue weighted by Crippen LogP contribution is 2.64. The zero-order valence-corrected chi connectivity index (χ0v) is 20.2. The van der Waals surface area contributed by atoms with Crippen molar-refractivity contribution in [2.24, 2.45) is 16.7 Å². The number of aromatic nitrogens is 1. The zero-order chi connectivity index (χ0) is 22.8. The second-order valence-electron chi connectivity index (χ2n) is 9.60. The Labute approximate surface area is 196 Å². The van der Waals surface area contributed by atoms with Crippen LogP contribution < -0.4 is 4.74 Å². The molecule has 1 N–H and O–H groups in total. The number of fused-ring (bicyclic) bond motifs is 3. The second kappa shape index (κ2) is 7.32. The van der Waals surface area contributed by atoms with Crippen LogP contribution in [0.1, 0.15) is 51.7 Å². The number of Topliss-reactive ketones (excluding diaryl/α,β-unsaturated/α-hetero) is 1. The Bertz CT molecular complexity index is 1290. The maximum absolute atomic E-state index is 13.6. The first-order chi connectivity index (χ1) is 15.2. The smallest absolute Gasteiger partial charge is 0.279 e. The molecular weight excluding hydrogens is 442 g/mol. The van der Waals surface area contributed by atoms with Crippen molar-refractivity contribution in [1.29, 1.82) is 0 Å². The van der Waals surface area contributed by atoms with E-state index in [1.54, 1.807) is 0 Å². The van der Waals surface area contributed by atoms with Gasteiger partial charge in [-0.2, -0.15) is 0 Å². The lowest BCUT2D eigenvalue weighted by atomic mass is 9.58. The molecule has 0 saturated heterocycles. The molecule has 3 aromatic rings. The summed E-state index contributed by atoms with van der Waals surface area (Å²) in [5.41, 5.74) is 2.37. The quantitative estimate of drug-likeness (QED) is 0.429. The van der Waals surface area contributed by atoms with Crippen LogP contribution in [0.3, 0.4) is 0 Å². The topological polar surface area (TPSA) is 59.4 Å². The van der Waals surface area contributed by atoms with E-state index in [0.717, 1.165) is 40.6 Å². The molecule has 32 heavy (non-hydrogen) atoms. The summed E-state index contributed by atoms with van der Waals surface area (Å²) in [4.78, 5) is 18.1. The molecule has 1 saturated carbocycles. The number of thiazole rings is 1. The maximum atomic E-state index is 13.6. The van der Waals surface area contributed by atoms with Gasteiger partial charge in [0.05, 0.1) is 15.8 Å². The normalized spacial score (nSPS) is 24.4. The fourth-order valence-electron chi connectivity index (χ4n) is 5.39. The summed E-state index contributed by atoms with van der Waals surface area (Å²) >= 11 is 7.52. The summed E-state index contributed by atoms with van der Waals surface area (Å²) < 4.78 is 7.08. The minimum Gasteiger partial charge on any atom is -0.511 e. The van der Waals surface area contributed by atoms with Crippen LogP contribution in [-0.4, -0.2) is 15.9 Å². The number of hydrogen-bond donors (Lipinski definition) is 1. The molecule has 1 aromatic heterocycles. The molecule has 0 spiro atoms. The molecule has 2 atom stereocenters. The number of ketones is 1. The lowest BCUT2D eigenvalue weighted by molar-refractivity contribution is -0.122. The van der Waals surface area contributed by atoms with Crippen molar-refractivity contribution in [3.63, 3.8) is 0 Å². The number of rotatable bonds is 4. The Morgan fingerprint density at radius 2 is 2.00 bits per heavy atom. The third-order valence-electron chi connectivity index (χ3n) is 7.82. The van der Waals surface area contributed by atoms with Gasteiger partial charge in [0.2, 0.25) is 0 Å². The van der Waals surface area contributed by atoms with Crippen LogP contribution in [0.15, 0.2) is 42.2 Å². The predicted molar refractivity (Wildman–Crippen MR) is 130 cm³/mol. The van der Waals surface area contributed by atoms with Crippen LogP contribution in [0.25, 0.3) is 15.8 Å². The van der Waals surface area contributed by atoms with E-state index in [-0.39, 0.29) is 22.9 Å². The molecule has 0 aliphatic heterocycles. The fourth-order valence-corrected chi connectivity index (χ4v) is 6.38. The van der Waals surface area contributed by atoms with Crippen molar-refractivity contribution in [1.82, 2.24) is 4.98 Å². The number of nitrogens with zero attached hydrogens (tertiary/aromatic N) is 1. The number of aliphatic hydroxyl groups excluding tert-OH is 1. The summed E-state index contributed by atoms with van der Waals surface area (Å²) in [7, 11) is 0. The monoisotopic (exact) mass is 467 g/mol. The van der Waals surface area contributed by atoms with Crippen LogP contribution in [0.2, 0.25) is 5.02 Å². The van der Waals surface area contributed by atoms with Gasteiger partial charge in [-0.05, 0) is 66.1 Å². The molecular formula is C26H26ClNO3S. The fraction of sp³-hybridized carbons (Fsp3) is 0.385. The van der Waals surface area contributed by atoms with Gasteiger partial charge in [-0.15, -0.1) is 0 Å². The molecule has 2 aromatic carbocycles. The van der Waals surface area contributed by atoms with Crippen molar-refractivity contribution in [2.75, 3.05) is 0 Å². The molecule has 1 fully saturated rings. The summed E-state index contributed by atoms with van der Waals surface area (Å²) in [6.07, 6.45) is 2.38. The molecule has 0 amide bonds. The first kappa shape index (κ1) is 21.5. The summed E-state index contributed by atoms with van der Waals surface area (Å²) in [5, 5.41) is 12.5. The number of allylic oxidation sites excluding steroid dienone is 2. The van der Waals surface area contributed by atoms with E-state index in [4.69, 9.17) is 16.3 Å². The van der Waals surface area contributed by atoms with Gasteiger partial charge < -0.3 is 9.84 Å². The number of carbonyl (C=O) groups excluding carboxylic acids is 1. The third kappa shape index (κ3) is 3.01. The van der Waals surface area contributed by atoms with E-state index in [0.29, 0.717) is 21.5 Å². The van der Waals surface area contributed by atoms with Gasteiger partial charge >= 0.3 is 0 Å². The van der Waals surface area contributed by atoms with Crippen LogP contribution >= 0.6 is 22.9 Å². The summed E-state index contributed by atoms with van der Waals surface area (Å²) in [6, 6.07) is 11.3. The largest absolute Gasteiger partial charge is 0.511 e. The Hall–Kier alpha value is -2.37. The number of aryl methyl sites for hydroxylation is 1. The van der Waals surface area contributed by atoms with Crippen molar-refractivity contribution < 1.29 is 14.6 Å². The van der Waals surface area contributed by atoms with Crippen LogP contribution in [-0.2, 0) is 11.2 Å². The summed E-state index contributed by atoms with van der Waals surface area (Å²) in [5.74, 6) is 0.783. The highest BCUT2D eigenvalue weighted by Gasteiger charge is 2.61. The van der Waals surface area contributed by atoms with Crippen molar-refractivity contribution in [3.8, 4) is 10.9 Å². The van der Waals surface area contributed by atoms with E-state index in [2.05, 4.69) is 32.7 Å². The van der Waals surface area contributed by atoms with E-state index < -0.39 is 5.41 Å². The van der Waals surface area contributed by atoms with Gasteiger partial charge in [-0.3, -0.25) is 4.79 Å². The first-order valence-corrected chi connectivity index (χ1v) is 12.2. The molecule has 6 heteroatoms. The zero-order valence-electron chi connectivity index (χ0n) is 18.7. The number of halogens is 1. The Balaban J connectivity index is 1.59. The number of benzene rings is 2. The molecule has 5 rings (SSSR count). The average Bonchev–Trinajstić information content (AvgIpc) is 3.21. The van der Waals surface area contributed by atoms with Crippen LogP contribution in [0.4, 0.5) is 0 Å². The van der Waals surface area contributed by atoms with Crippen molar-refractivity contribution >= 4 is 44.5 Å². The van der Waals surface area contributed by atoms with E-state index in [9.17, 15) is 9.90 Å².